The Balaban J connectivity index is 1.05. The van der Waals surface area contributed by atoms with Gasteiger partial charge in [-0.3, -0.25) is 19.2 Å². The number of oxime groups is 1. The van der Waals surface area contributed by atoms with E-state index in [1.807, 2.05) is 18.0 Å². The van der Waals surface area contributed by atoms with Gasteiger partial charge in [0.05, 0.1) is 35.9 Å². The minimum atomic E-state index is -1.35. The summed E-state index contributed by atoms with van der Waals surface area (Å²) in [6.45, 7) is 4.82. The van der Waals surface area contributed by atoms with Crippen molar-refractivity contribution in [1.29, 1.82) is 0 Å². The lowest BCUT2D eigenvalue weighted by atomic mass is 10.1. The molecular weight excluding hydrogens is 659 g/mol. The molecule has 7 rings (SSSR count). The van der Waals surface area contributed by atoms with Gasteiger partial charge in [-0.05, 0) is 44.0 Å². The molecule has 0 bridgehead atoms. The fourth-order valence-electron chi connectivity index (χ4n) is 6.78. The predicted molar refractivity (Wildman–Crippen MR) is 179 cm³/mol. The van der Waals surface area contributed by atoms with Gasteiger partial charge in [0.1, 0.15) is 18.4 Å². The lowest BCUT2D eigenvalue weighted by Gasteiger charge is -2.41. The highest BCUT2D eigenvalue weighted by Gasteiger charge is 2.36. The minimum Gasteiger partial charge on any atom is -0.492 e. The van der Waals surface area contributed by atoms with Crippen LogP contribution in [0.3, 0.4) is 0 Å². The van der Waals surface area contributed by atoms with Gasteiger partial charge in [0.25, 0.3) is 5.91 Å². The van der Waals surface area contributed by atoms with Crippen molar-refractivity contribution in [2.75, 3.05) is 50.2 Å². The molecule has 1 saturated carbocycles. The third-order valence-electron chi connectivity index (χ3n) is 9.29. The number of aromatic nitrogens is 4. The zero-order chi connectivity index (χ0) is 34.6. The van der Waals surface area contributed by atoms with Gasteiger partial charge in [-0.25, -0.2) is 9.18 Å². The lowest BCUT2D eigenvalue weighted by Crippen LogP contribution is -2.51. The van der Waals surface area contributed by atoms with Gasteiger partial charge in [0.15, 0.2) is 17.3 Å². The molecule has 2 aliphatic heterocycles. The third kappa shape index (κ3) is 5.86. The standard InChI is InChI=1S/C33H34ClFN8O6/c1-18-14-40(29-25(35)13-23-28(31(29)48-2)43(21-5-6-21)17-24(30(23)44)33(46)47)9-8-39(18)15-20-16-41(38-36-20)10-11-42-26-7-4-19(34)12-22(26)27(32(42)45)37-49-3/h4,7,12-13,16-18,21H,5-6,8-11,14-15H2,1-3H3,(H,46,47)/b37-27-. The summed E-state index contributed by atoms with van der Waals surface area (Å²) in [7, 11) is 2.82. The predicted octanol–water partition coefficient (Wildman–Crippen LogP) is 3.54. The number of piperazine rings is 1. The summed E-state index contributed by atoms with van der Waals surface area (Å²) in [4.78, 5) is 48.6. The molecule has 0 spiro atoms. The number of fused-ring (bicyclic) bond motifs is 2. The largest absolute Gasteiger partial charge is 0.492 e. The molecule has 4 aromatic rings. The molecule has 3 aliphatic rings. The van der Waals surface area contributed by atoms with Crippen LogP contribution in [-0.2, 0) is 22.7 Å². The maximum atomic E-state index is 15.9. The molecule has 1 atom stereocenters. The number of benzene rings is 2. The van der Waals surface area contributed by atoms with Gasteiger partial charge in [0, 0.05) is 67.8 Å². The second-order valence-electron chi connectivity index (χ2n) is 12.4. The number of hydrogen-bond donors (Lipinski definition) is 1. The highest BCUT2D eigenvalue weighted by Crippen LogP contribution is 2.44. The zero-order valence-electron chi connectivity index (χ0n) is 27.1. The molecule has 16 heteroatoms. The van der Waals surface area contributed by atoms with Crippen LogP contribution in [0.25, 0.3) is 10.9 Å². The molecule has 0 radical (unpaired) electrons. The smallest absolute Gasteiger partial charge is 0.341 e. The number of carbonyl (C=O) groups excluding carboxylic acids is 1. The van der Waals surface area contributed by atoms with Crippen LogP contribution >= 0.6 is 11.6 Å². The summed E-state index contributed by atoms with van der Waals surface area (Å²) in [6.07, 6.45) is 4.86. The van der Waals surface area contributed by atoms with E-state index in [0.717, 1.165) is 24.6 Å². The average molecular weight is 693 g/mol. The van der Waals surface area contributed by atoms with Crippen LogP contribution < -0.4 is 20.0 Å². The monoisotopic (exact) mass is 692 g/mol. The summed E-state index contributed by atoms with van der Waals surface area (Å²) < 4.78 is 25.1. The van der Waals surface area contributed by atoms with Crippen molar-refractivity contribution in [3.63, 3.8) is 0 Å². The Bertz CT molecular complexity index is 2080. The Hall–Kier alpha value is -5.02. The number of carbonyl (C=O) groups is 2. The first kappa shape index (κ1) is 32.5. The summed E-state index contributed by atoms with van der Waals surface area (Å²) in [5.41, 5.74) is 1.78. The van der Waals surface area contributed by atoms with Gasteiger partial charge >= 0.3 is 5.97 Å². The molecule has 1 unspecified atom stereocenters. The van der Waals surface area contributed by atoms with E-state index in [1.165, 1.54) is 20.4 Å². The molecule has 1 N–H and O–H groups in total. The van der Waals surface area contributed by atoms with Gasteiger partial charge in [-0.1, -0.05) is 22.0 Å². The molecule has 2 fully saturated rings. The second kappa shape index (κ2) is 12.8. The molecule has 14 nitrogen and oxygen atoms in total. The number of carboxylic acids is 1. The van der Waals surface area contributed by atoms with Crippen molar-refractivity contribution >= 4 is 51.5 Å². The molecule has 1 aliphatic carbocycles. The van der Waals surface area contributed by atoms with Crippen LogP contribution in [0.15, 0.2) is 46.6 Å². The topological polar surface area (TPSA) is 148 Å². The summed E-state index contributed by atoms with van der Waals surface area (Å²) >= 11 is 6.16. The van der Waals surface area contributed by atoms with Crippen molar-refractivity contribution in [2.45, 2.75) is 44.9 Å². The molecule has 1 amide bonds. The second-order valence-corrected chi connectivity index (χ2v) is 12.9. The molecule has 2 aromatic carbocycles. The van der Waals surface area contributed by atoms with Crippen LogP contribution in [0.2, 0.25) is 5.02 Å². The molecule has 49 heavy (non-hydrogen) atoms. The summed E-state index contributed by atoms with van der Waals surface area (Å²) in [6, 6.07) is 6.34. The maximum Gasteiger partial charge on any atom is 0.341 e. The van der Waals surface area contributed by atoms with Crippen molar-refractivity contribution in [3.8, 4) is 5.75 Å². The average Bonchev–Trinajstić information content (AvgIpc) is 3.77. The van der Waals surface area contributed by atoms with Crippen LogP contribution in [0.1, 0.15) is 47.4 Å². The first-order valence-electron chi connectivity index (χ1n) is 15.9. The molecular formula is C33H34ClFN8O6. The number of ether oxygens (including phenoxy) is 1. The van der Waals surface area contributed by atoms with E-state index in [0.29, 0.717) is 61.1 Å². The van der Waals surface area contributed by atoms with Gasteiger partial charge in [-0.2, -0.15) is 0 Å². The molecule has 2 aromatic heterocycles. The highest BCUT2D eigenvalue weighted by molar-refractivity contribution is 6.54. The van der Waals surface area contributed by atoms with Gasteiger partial charge in [0.2, 0.25) is 5.43 Å². The SMILES string of the molecule is CO/N=C1\C(=O)N(CCn2cc(CN3CCN(c4c(F)cc5c(=O)c(C(=O)O)cn(C6CC6)c5c4OC)CC3C)nn2)c2ccc(Cl)cc21. The number of pyridine rings is 1. The molecule has 4 heterocycles. The highest BCUT2D eigenvalue weighted by atomic mass is 35.5. The number of amides is 1. The fourth-order valence-corrected chi connectivity index (χ4v) is 6.95. The van der Waals surface area contributed by atoms with Crippen LogP contribution in [0.4, 0.5) is 15.8 Å². The van der Waals surface area contributed by atoms with Gasteiger partial charge < -0.3 is 29.0 Å². The number of anilines is 2. The normalized spacial score (nSPS) is 18.8. The lowest BCUT2D eigenvalue weighted by molar-refractivity contribution is -0.112. The van der Waals surface area contributed by atoms with Crippen LogP contribution in [-0.4, -0.2) is 93.6 Å². The summed E-state index contributed by atoms with van der Waals surface area (Å²) in [5.74, 6) is -2.05. The quantitative estimate of drug-likeness (QED) is 0.245. The number of carboxylic acid groups (broad SMARTS) is 1. The Kier molecular flexibility index (Phi) is 8.48. The van der Waals surface area contributed by atoms with E-state index in [4.69, 9.17) is 21.2 Å². The van der Waals surface area contributed by atoms with Crippen LogP contribution in [0.5, 0.6) is 5.75 Å². The number of hydrogen-bond acceptors (Lipinski definition) is 10. The molecule has 1 saturated heterocycles. The van der Waals surface area contributed by atoms with Crippen molar-refractivity contribution in [2.24, 2.45) is 5.16 Å². The first-order chi connectivity index (χ1) is 23.6. The number of methoxy groups -OCH3 is 1. The number of nitrogens with zero attached hydrogens (tertiary/aromatic N) is 8. The van der Waals surface area contributed by atoms with E-state index < -0.39 is 22.8 Å². The van der Waals surface area contributed by atoms with E-state index >= 15 is 4.39 Å². The van der Waals surface area contributed by atoms with Crippen LogP contribution in [0, 0.1) is 5.82 Å². The molecule has 256 valence electrons. The Labute approximate surface area is 284 Å². The van der Waals surface area contributed by atoms with E-state index in [1.54, 1.807) is 32.3 Å². The van der Waals surface area contributed by atoms with Crippen molar-refractivity contribution in [3.05, 3.63) is 74.5 Å². The first-order valence-corrected chi connectivity index (χ1v) is 16.3. The van der Waals surface area contributed by atoms with E-state index in [-0.39, 0.29) is 40.5 Å². The van der Waals surface area contributed by atoms with Crippen molar-refractivity contribution in [1.82, 2.24) is 24.5 Å². The van der Waals surface area contributed by atoms with Crippen molar-refractivity contribution < 1.29 is 28.7 Å². The Morgan fingerprint density at radius 2 is 1.94 bits per heavy atom. The number of halogens is 2. The van der Waals surface area contributed by atoms with Gasteiger partial charge in [-0.15, -0.1) is 5.10 Å². The number of rotatable bonds is 10. The van der Waals surface area contributed by atoms with E-state index in [9.17, 15) is 19.5 Å². The third-order valence-corrected chi connectivity index (χ3v) is 9.53. The Morgan fingerprint density at radius 3 is 2.63 bits per heavy atom. The van der Waals surface area contributed by atoms with E-state index in [2.05, 4.69) is 20.4 Å². The fraction of sp³-hybridized carbons (Fsp3) is 0.394. The Morgan fingerprint density at radius 1 is 1.14 bits per heavy atom. The zero-order valence-corrected chi connectivity index (χ0v) is 27.9. The maximum absolute atomic E-state index is 15.9. The minimum absolute atomic E-state index is 0.00841. The number of aromatic carboxylic acids is 1. The summed E-state index contributed by atoms with van der Waals surface area (Å²) in [5, 5.41) is 22.7.